The summed E-state index contributed by atoms with van der Waals surface area (Å²) in [4.78, 5) is 9.62. The Balaban J connectivity index is 2.85. The average molecular weight is 177 g/mol. The highest BCUT2D eigenvalue weighted by atomic mass is 32.2. The van der Waals surface area contributed by atoms with Gasteiger partial charge in [0.25, 0.3) is 0 Å². The van der Waals surface area contributed by atoms with E-state index in [-0.39, 0.29) is 11.5 Å². The summed E-state index contributed by atoms with van der Waals surface area (Å²) in [6.07, 6.45) is 3.65. The van der Waals surface area contributed by atoms with Crippen molar-refractivity contribution in [2.45, 2.75) is 26.2 Å². The minimum Gasteiger partial charge on any atom is -0.265 e. The fourth-order valence-electron chi connectivity index (χ4n) is 0.695. The standard InChI is InChI=1S/C7H15NO2S/c1-2-3-4-6-11-7-5-8(9)10/h2-7H2,1H3. The molecule has 0 unspecified atom stereocenters. The lowest BCUT2D eigenvalue weighted by Crippen LogP contribution is -2.03. The Labute approximate surface area is 71.7 Å². The number of hydrogen-bond acceptors (Lipinski definition) is 3. The summed E-state index contributed by atoms with van der Waals surface area (Å²) in [5, 5.41) is 9.88. The van der Waals surface area contributed by atoms with Crippen LogP contribution in [-0.4, -0.2) is 23.0 Å². The Bertz CT molecular complexity index is 109. The van der Waals surface area contributed by atoms with Crippen LogP contribution in [0.4, 0.5) is 0 Å². The van der Waals surface area contributed by atoms with Crippen LogP contribution in [0.3, 0.4) is 0 Å². The van der Waals surface area contributed by atoms with Crippen molar-refractivity contribution >= 4 is 11.8 Å². The minimum atomic E-state index is -0.257. The number of rotatable bonds is 7. The lowest BCUT2D eigenvalue weighted by atomic mass is 10.3. The summed E-state index contributed by atoms with van der Waals surface area (Å²) in [5.74, 6) is 1.73. The van der Waals surface area contributed by atoms with Gasteiger partial charge in [-0.1, -0.05) is 19.8 Å². The molecule has 0 amide bonds. The van der Waals surface area contributed by atoms with E-state index in [2.05, 4.69) is 6.92 Å². The molecule has 0 aromatic heterocycles. The Hall–Kier alpha value is -0.250. The number of thioether (sulfide) groups is 1. The average Bonchev–Trinajstić information content (AvgIpc) is 1.96. The largest absolute Gasteiger partial charge is 0.265 e. The Kier molecular flexibility index (Phi) is 7.67. The van der Waals surface area contributed by atoms with Gasteiger partial charge in [-0.05, 0) is 12.2 Å². The molecule has 0 spiro atoms. The number of hydrogen-bond donors (Lipinski definition) is 0. The van der Waals surface area contributed by atoms with Gasteiger partial charge in [0.05, 0.1) is 5.75 Å². The molecule has 0 saturated heterocycles. The van der Waals surface area contributed by atoms with Crippen LogP contribution < -0.4 is 0 Å². The van der Waals surface area contributed by atoms with Crippen molar-refractivity contribution in [1.82, 2.24) is 0 Å². The van der Waals surface area contributed by atoms with Gasteiger partial charge in [0.1, 0.15) is 0 Å². The minimum absolute atomic E-state index is 0.108. The monoisotopic (exact) mass is 177 g/mol. The topological polar surface area (TPSA) is 43.1 Å². The van der Waals surface area contributed by atoms with E-state index in [4.69, 9.17) is 0 Å². The third-order valence-corrected chi connectivity index (χ3v) is 2.36. The van der Waals surface area contributed by atoms with Crippen molar-refractivity contribution in [3.05, 3.63) is 10.1 Å². The highest BCUT2D eigenvalue weighted by molar-refractivity contribution is 7.99. The predicted molar refractivity (Wildman–Crippen MR) is 48.7 cm³/mol. The molecule has 0 atom stereocenters. The molecule has 0 rings (SSSR count). The van der Waals surface area contributed by atoms with Gasteiger partial charge in [0.15, 0.2) is 0 Å². The zero-order chi connectivity index (χ0) is 8.53. The van der Waals surface area contributed by atoms with Crippen LogP contribution in [0.1, 0.15) is 26.2 Å². The van der Waals surface area contributed by atoms with Crippen LogP contribution in [0.2, 0.25) is 0 Å². The lowest BCUT2D eigenvalue weighted by molar-refractivity contribution is -0.474. The fraction of sp³-hybridized carbons (Fsp3) is 1.00. The molecule has 0 fully saturated rings. The number of unbranched alkanes of at least 4 members (excludes halogenated alkanes) is 2. The molecule has 3 nitrogen and oxygen atoms in total. The zero-order valence-corrected chi connectivity index (χ0v) is 7.73. The second-order valence-electron chi connectivity index (χ2n) is 2.38. The first-order chi connectivity index (χ1) is 5.27. The summed E-state index contributed by atoms with van der Waals surface area (Å²) >= 11 is 1.68. The van der Waals surface area contributed by atoms with Gasteiger partial charge < -0.3 is 0 Å². The fourth-order valence-corrected chi connectivity index (χ4v) is 1.59. The summed E-state index contributed by atoms with van der Waals surface area (Å²) < 4.78 is 0. The van der Waals surface area contributed by atoms with Crippen molar-refractivity contribution in [3.63, 3.8) is 0 Å². The molecule has 0 aromatic rings. The van der Waals surface area contributed by atoms with Crippen LogP contribution in [0.5, 0.6) is 0 Å². The zero-order valence-electron chi connectivity index (χ0n) is 6.91. The van der Waals surface area contributed by atoms with Gasteiger partial charge in [0, 0.05) is 4.92 Å². The van der Waals surface area contributed by atoms with Crippen LogP contribution in [-0.2, 0) is 0 Å². The molecule has 0 N–H and O–H groups in total. The van der Waals surface area contributed by atoms with Crippen molar-refractivity contribution in [2.75, 3.05) is 18.1 Å². The molecule has 0 aliphatic carbocycles. The van der Waals surface area contributed by atoms with Crippen LogP contribution in [0.25, 0.3) is 0 Å². The molecule has 4 heteroatoms. The molecular formula is C7H15NO2S. The van der Waals surface area contributed by atoms with Crippen LogP contribution in [0, 0.1) is 10.1 Å². The quantitative estimate of drug-likeness (QED) is 0.340. The summed E-state index contributed by atoms with van der Waals surface area (Å²) in [7, 11) is 0. The van der Waals surface area contributed by atoms with Gasteiger partial charge in [-0.3, -0.25) is 10.1 Å². The first-order valence-electron chi connectivity index (χ1n) is 3.97. The second kappa shape index (κ2) is 7.85. The smallest absolute Gasteiger partial charge is 0.212 e. The van der Waals surface area contributed by atoms with E-state index in [1.807, 2.05) is 0 Å². The Morgan fingerprint density at radius 3 is 2.64 bits per heavy atom. The molecule has 0 aliphatic heterocycles. The first kappa shape index (κ1) is 10.8. The third-order valence-electron chi connectivity index (χ3n) is 1.31. The van der Waals surface area contributed by atoms with E-state index < -0.39 is 0 Å². The number of nitrogens with zero attached hydrogens (tertiary/aromatic N) is 1. The highest BCUT2D eigenvalue weighted by Crippen LogP contribution is 2.05. The molecule has 11 heavy (non-hydrogen) atoms. The molecule has 66 valence electrons. The van der Waals surface area contributed by atoms with E-state index in [1.54, 1.807) is 11.8 Å². The predicted octanol–water partition coefficient (Wildman–Crippen LogP) is 2.19. The molecule has 0 saturated carbocycles. The van der Waals surface area contributed by atoms with Crippen molar-refractivity contribution in [2.24, 2.45) is 0 Å². The Morgan fingerprint density at radius 1 is 1.36 bits per heavy atom. The van der Waals surface area contributed by atoms with Gasteiger partial charge in [-0.15, -0.1) is 0 Å². The lowest BCUT2D eigenvalue weighted by Gasteiger charge is -1.96. The molecule has 0 aromatic carbocycles. The maximum atomic E-state index is 9.88. The van der Waals surface area contributed by atoms with Crippen molar-refractivity contribution in [3.8, 4) is 0 Å². The molecular weight excluding hydrogens is 162 g/mol. The second-order valence-corrected chi connectivity index (χ2v) is 3.60. The first-order valence-corrected chi connectivity index (χ1v) is 5.12. The van der Waals surface area contributed by atoms with Gasteiger partial charge in [0.2, 0.25) is 6.54 Å². The molecule has 0 radical (unpaired) electrons. The van der Waals surface area contributed by atoms with Gasteiger partial charge >= 0.3 is 0 Å². The number of nitro groups is 1. The van der Waals surface area contributed by atoms with E-state index in [0.29, 0.717) is 5.75 Å². The normalized spacial score (nSPS) is 9.91. The van der Waals surface area contributed by atoms with Crippen LogP contribution >= 0.6 is 11.8 Å². The SMILES string of the molecule is CCCCCSCC[N+](=O)[O-]. The van der Waals surface area contributed by atoms with Crippen LogP contribution in [0.15, 0.2) is 0 Å². The van der Waals surface area contributed by atoms with E-state index in [0.717, 1.165) is 5.75 Å². The maximum Gasteiger partial charge on any atom is 0.212 e. The van der Waals surface area contributed by atoms with Gasteiger partial charge in [-0.25, -0.2) is 0 Å². The van der Waals surface area contributed by atoms with Crippen molar-refractivity contribution < 1.29 is 4.92 Å². The van der Waals surface area contributed by atoms with E-state index in [9.17, 15) is 10.1 Å². The third kappa shape index (κ3) is 9.75. The molecule has 0 aliphatic rings. The highest BCUT2D eigenvalue weighted by Gasteiger charge is 1.95. The van der Waals surface area contributed by atoms with Crippen molar-refractivity contribution in [1.29, 1.82) is 0 Å². The molecule has 0 bridgehead atoms. The summed E-state index contributed by atoms with van der Waals surface area (Å²) in [5.41, 5.74) is 0. The van der Waals surface area contributed by atoms with E-state index in [1.165, 1.54) is 19.3 Å². The van der Waals surface area contributed by atoms with E-state index >= 15 is 0 Å². The molecule has 0 heterocycles. The Morgan fingerprint density at radius 2 is 2.09 bits per heavy atom. The summed E-state index contributed by atoms with van der Waals surface area (Å²) in [6, 6.07) is 0. The summed E-state index contributed by atoms with van der Waals surface area (Å²) in [6.45, 7) is 2.26. The van der Waals surface area contributed by atoms with Gasteiger partial charge in [-0.2, -0.15) is 11.8 Å². The maximum absolute atomic E-state index is 9.88.